The Morgan fingerprint density at radius 2 is 2.31 bits per heavy atom. The van der Waals surface area contributed by atoms with E-state index in [2.05, 4.69) is 4.98 Å². The molecule has 1 heterocycles. The van der Waals surface area contributed by atoms with Crippen LogP contribution in [-0.2, 0) is 0 Å². The lowest BCUT2D eigenvalue weighted by molar-refractivity contribution is 0.454. The molecular weight excluding hydrogens is 227 g/mol. The first kappa shape index (κ1) is 11.2. The number of halogens is 1. The topological polar surface area (TPSA) is 52.0 Å². The van der Waals surface area contributed by atoms with Crippen molar-refractivity contribution in [3.05, 3.63) is 42.0 Å². The molecule has 1 atom stereocenters. The SMILES string of the molecule is C[C@H](N)c1c(F)cccc1Sc1ncco1. The second kappa shape index (κ2) is 4.67. The van der Waals surface area contributed by atoms with Crippen molar-refractivity contribution in [2.24, 2.45) is 5.73 Å². The summed E-state index contributed by atoms with van der Waals surface area (Å²) in [7, 11) is 0. The number of aromatic nitrogens is 1. The van der Waals surface area contributed by atoms with Crippen molar-refractivity contribution < 1.29 is 8.81 Å². The lowest BCUT2D eigenvalue weighted by Crippen LogP contribution is -2.08. The van der Waals surface area contributed by atoms with Crippen LogP contribution in [0.3, 0.4) is 0 Å². The average molecular weight is 238 g/mol. The summed E-state index contributed by atoms with van der Waals surface area (Å²) >= 11 is 1.27. The van der Waals surface area contributed by atoms with Crippen LogP contribution in [0.1, 0.15) is 18.5 Å². The Labute approximate surface area is 96.9 Å². The molecule has 0 spiro atoms. The molecule has 0 aliphatic carbocycles. The molecule has 3 nitrogen and oxygen atoms in total. The van der Waals surface area contributed by atoms with Gasteiger partial charge in [0.05, 0.1) is 6.20 Å². The van der Waals surface area contributed by atoms with E-state index in [4.69, 9.17) is 10.2 Å². The molecule has 0 saturated carbocycles. The van der Waals surface area contributed by atoms with E-state index >= 15 is 0 Å². The van der Waals surface area contributed by atoms with Crippen LogP contribution in [0.25, 0.3) is 0 Å². The zero-order valence-corrected chi connectivity index (χ0v) is 9.50. The first-order valence-corrected chi connectivity index (χ1v) is 5.61. The van der Waals surface area contributed by atoms with E-state index in [9.17, 15) is 4.39 Å². The van der Waals surface area contributed by atoms with Crippen LogP contribution in [0.2, 0.25) is 0 Å². The molecule has 16 heavy (non-hydrogen) atoms. The number of benzene rings is 1. The second-order valence-electron chi connectivity index (χ2n) is 3.34. The minimum absolute atomic E-state index is 0.299. The van der Waals surface area contributed by atoms with Gasteiger partial charge >= 0.3 is 0 Å². The lowest BCUT2D eigenvalue weighted by Gasteiger charge is -2.11. The van der Waals surface area contributed by atoms with Gasteiger partial charge in [-0.1, -0.05) is 6.07 Å². The predicted molar refractivity (Wildman–Crippen MR) is 59.6 cm³/mol. The average Bonchev–Trinajstić information content (AvgIpc) is 2.70. The summed E-state index contributed by atoms with van der Waals surface area (Å²) in [5, 5.41) is 0.479. The summed E-state index contributed by atoms with van der Waals surface area (Å²) in [5.74, 6) is -0.299. The minimum atomic E-state index is -0.362. The van der Waals surface area contributed by atoms with Gasteiger partial charge in [0, 0.05) is 16.5 Å². The molecule has 0 aliphatic rings. The molecule has 2 aromatic rings. The maximum Gasteiger partial charge on any atom is 0.260 e. The Hall–Kier alpha value is -1.33. The summed E-state index contributed by atoms with van der Waals surface area (Å²) in [4.78, 5) is 4.71. The van der Waals surface area contributed by atoms with Crippen molar-refractivity contribution in [1.82, 2.24) is 4.98 Å². The summed E-state index contributed by atoms with van der Waals surface area (Å²) in [6.45, 7) is 1.75. The van der Waals surface area contributed by atoms with Gasteiger partial charge in [-0.2, -0.15) is 0 Å². The highest BCUT2D eigenvalue weighted by Gasteiger charge is 2.14. The fourth-order valence-corrected chi connectivity index (χ4v) is 2.35. The molecule has 0 bridgehead atoms. The highest BCUT2D eigenvalue weighted by molar-refractivity contribution is 7.99. The van der Waals surface area contributed by atoms with Crippen molar-refractivity contribution in [2.45, 2.75) is 23.1 Å². The standard InChI is InChI=1S/C11H11FN2OS/c1-7(13)10-8(12)3-2-4-9(10)16-11-14-5-6-15-11/h2-7H,13H2,1H3/t7-/m0/s1. The fraction of sp³-hybridized carbons (Fsp3) is 0.182. The van der Waals surface area contributed by atoms with E-state index in [1.165, 1.54) is 24.1 Å². The summed E-state index contributed by atoms with van der Waals surface area (Å²) in [5.41, 5.74) is 6.23. The summed E-state index contributed by atoms with van der Waals surface area (Å²) in [6.07, 6.45) is 3.03. The van der Waals surface area contributed by atoms with E-state index in [0.717, 1.165) is 4.90 Å². The minimum Gasteiger partial charge on any atom is -0.440 e. The van der Waals surface area contributed by atoms with Gasteiger partial charge in [0.1, 0.15) is 12.1 Å². The fourth-order valence-electron chi connectivity index (χ4n) is 1.40. The van der Waals surface area contributed by atoms with Crippen LogP contribution in [0.4, 0.5) is 4.39 Å². The van der Waals surface area contributed by atoms with Gasteiger partial charge in [-0.05, 0) is 30.8 Å². The third-order valence-electron chi connectivity index (χ3n) is 2.08. The highest BCUT2D eigenvalue weighted by Crippen LogP contribution is 2.33. The van der Waals surface area contributed by atoms with E-state index in [-0.39, 0.29) is 11.9 Å². The molecule has 1 aromatic heterocycles. The monoisotopic (exact) mass is 238 g/mol. The number of nitrogens with two attached hydrogens (primary N) is 1. The number of hydrogen-bond acceptors (Lipinski definition) is 4. The molecule has 0 radical (unpaired) electrons. The largest absolute Gasteiger partial charge is 0.440 e. The van der Waals surface area contributed by atoms with Gasteiger partial charge in [-0.15, -0.1) is 0 Å². The van der Waals surface area contributed by atoms with Crippen LogP contribution in [-0.4, -0.2) is 4.98 Å². The van der Waals surface area contributed by atoms with Gasteiger partial charge in [0.2, 0.25) is 0 Å². The Kier molecular flexibility index (Phi) is 3.26. The predicted octanol–water partition coefficient (Wildman–Crippen LogP) is 2.98. The van der Waals surface area contributed by atoms with Crippen LogP contribution < -0.4 is 5.73 Å². The van der Waals surface area contributed by atoms with Gasteiger partial charge in [0.15, 0.2) is 0 Å². The van der Waals surface area contributed by atoms with Crippen molar-refractivity contribution in [1.29, 1.82) is 0 Å². The van der Waals surface area contributed by atoms with E-state index in [1.54, 1.807) is 25.3 Å². The molecule has 2 N–H and O–H groups in total. The molecule has 84 valence electrons. The van der Waals surface area contributed by atoms with Gasteiger partial charge in [-0.3, -0.25) is 0 Å². The lowest BCUT2D eigenvalue weighted by atomic mass is 10.1. The molecule has 2 rings (SSSR count). The highest BCUT2D eigenvalue weighted by atomic mass is 32.2. The number of nitrogens with zero attached hydrogens (tertiary/aromatic N) is 1. The maximum absolute atomic E-state index is 13.6. The molecule has 1 aromatic carbocycles. The third kappa shape index (κ3) is 2.25. The van der Waals surface area contributed by atoms with Crippen LogP contribution >= 0.6 is 11.8 Å². The van der Waals surface area contributed by atoms with E-state index in [1.807, 2.05) is 0 Å². The molecular formula is C11H11FN2OS. The number of hydrogen-bond donors (Lipinski definition) is 1. The Morgan fingerprint density at radius 1 is 1.50 bits per heavy atom. The molecule has 0 fully saturated rings. The normalized spacial score (nSPS) is 12.7. The molecule has 0 amide bonds. The smallest absolute Gasteiger partial charge is 0.260 e. The van der Waals surface area contributed by atoms with Gasteiger partial charge in [0.25, 0.3) is 5.22 Å². The Bertz CT molecular complexity index is 471. The van der Waals surface area contributed by atoms with Crippen molar-refractivity contribution in [2.75, 3.05) is 0 Å². The second-order valence-corrected chi connectivity index (χ2v) is 4.33. The first-order chi connectivity index (χ1) is 7.68. The number of rotatable bonds is 3. The molecule has 0 saturated heterocycles. The van der Waals surface area contributed by atoms with Gasteiger partial charge in [-0.25, -0.2) is 9.37 Å². The van der Waals surface area contributed by atoms with Crippen LogP contribution in [0, 0.1) is 5.82 Å². The summed E-state index contributed by atoms with van der Waals surface area (Å²) in [6, 6.07) is 4.49. The molecule has 5 heteroatoms. The maximum atomic E-state index is 13.6. The first-order valence-electron chi connectivity index (χ1n) is 4.80. The van der Waals surface area contributed by atoms with Crippen molar-refractivity contribution in [3.63, 3.8) is 0 Å². The van der Waals surface area contributed by atoms with Crippen molar-refractivity contribution in [3.8, 4) is 0 Å². The number of oxazole rings is 1. The molecule has 0 unspecified atom stereocenters. The van der Waals surface area contributed by atoms with E-state index in [0.29, 0.717) is 10.8 Å². The van der Waals surface area contributed by atoms with Crippen molar-refractivity contribution >= 4 is 11.8 Å². The third-order valence-corrected chi connectivity index (χ3v) is 3.03. The Balaban J connectivity index is 2.37. The zero-order chi connectivity index (χ0) is 11.5. The molecule has 0 aliphatic heterocycles. The Morgan fingerprint density at radius 3 is 2.94 bits per heavy atom. The quantitative estimate of drug-likeness (QED) is 0.893. The van der Waals surface area contributed by atoms with Crippen LogP contribution in [0.15, 0.2) is 45.2 Å². The zero-order valence-electron chi connectivity index (χ0n) is 8.68. The van der Waals surface area contributed by atoms with Gasteiger partial charge < -0.3 is 10.2 Å². The van der Waals surface area contributed by atoms with Crippen LogP contribution in [0.5, 0.6) is 0 Å². The van der Waals surface area contributed by atoms with E-state index < -0.39 is 0 Å². The summed E-state index contributed by atoms with van der Waals surface area (Å²) < 4.78 is 18.7.